The fraction of sp³-hybridized carbons (Fsp3) is 0.286. The van der Waals surface area contributed by atoms with Crippen molar-refractivity contribution >= 4 is 27.7 Å². The van der Waals surface area contributed by atoms with Gasteiger partial charge >= 0.3 is 0 Å². The number of pyridine rings is 2. The fourth-order valence-electron chi connectivity index (χ4n) is 1.68. The van der Waals surface area contributed by atoms with E-state index in [2.05, 4.69) is 51.1 Å². The lowest BCUT2D eigenvalue weighted by Crippen LogP contribution is -2.17. The fourth-order valence-corrected chi connectivity index (χ4v) is 2.89. The minimum atomic E-state index is 0.332. The minimum Gasteiger partial charge on any atom is -0.310 e. The lowest BCUT2D eigenvalue weighted by Gasteiger charge is -2.12. The van der Waals surface area contributed by atoms with Crippen LogP contribution in [0.1, 0.15) is 25.5 Å². The van der Waals surface area contributed by atoms with Crippen molar-refractivity contribution in [3.05, 3.63) is 46.7 Å². The molecule has 0 bridgehead atoms. The van der Waals surface area contributed by atoms with Crippen LogP contribution < -0.4 is 5.32 Å². The Labute approximate surface area is 126 Å². The Hall–Kier alpha value is -0.910. The van der Waals surface area contributed by atoms with Crippen LogP contribution in [0.5, 0.6) is 0 Å². The Balaban J connectivity index is 2.09. The van der Waals surface area contributed by atoms with Gasteiger partial charge in [0, 0.05) is 18.4 Å². The van der Waals surface area contributed by atoms with Gasteiger partial charge in [-0.25, -0.2) is 9.97 Å². The van der Waals surface area contributed by atoms with Crippen molar-refractivity contribution in [2.75, 3.05) is 6.54 Å². The molecule has 0 radical (unpaired) electrons. The van der Waals surface area contributed by atoms with E-state index in [-0.39, 0.29) is 0 Å². The Morgan fingerprint density at radius 3 is 2.79 bits per heavy atom. The molecule has 0 aliphatic heterocycles. The molecule has 0 saturated heterocycles. The standard InChI is InChI=1S/C14H16BrN3S/c1-3-16-10(2)11-6-7-13(18-9-11)19-14-12(15)5-4-8-17-14/h4-10,16H,3H2,1-2H3. The minimum absolute atomic E-state index is 0.332. The van der Waals surface area contributed by atoms with E-state index in [1.54, 1.807) is 18.0 Å². The van der Waals surface area contributed by atoms with E-state index in [1.807, 2.05) is 24.4 Å². The summed E-state index contributed by atoms with van der Waals surface area (Å²) in [7, 11) is 0. The summed E-state index contributed by atoms with van der Waals surface area (Å²) in [6.45, 7) is 5.20. The molecule has 3 nitrogen and oxygen atoms in total. The molecule has 2 rings (SSSR count). The van der Waals surface area contributed by atoms with Crippen molar-refractivity contribution in [3.8, 4) is 0 Å². The first-order valence-corrected chi connectivity index (χ1v) is 7.79. The van der Waals surface area contributed by atoms with Gasteiger partial charge < -0.3 is 5.32 Å². The molecule has 100 valence electrons. The van der Waals surface area contributed by atoms with Crippen LogP contribution in [0.25, 0.3) is 0 Å². The van der Waals surface area contributed by atoms with Gasteiger partial charge in [-0.2, -0.15) is 0 Å². The molecule has 0 amide bonds. The summed E-state index contributed by atoms with van der Waals surface area (Å²) >= 11 is 5.05. The number of nitrogens with one attached hydrogen (secondary N) is 1. The third-order valence-corrected chi connectivity index (χ3v) is 4.57. The third kappa shape index (κ3) is 4.03. The SMILES string of the molecule is CCNC(C)c1ccc(Sc2ncccc2Br)nc1. The van der Waals surface area contributed by atoms with Gasteiger partial charge in [-0.1, -0.05) is 13.0 Å². The molecule has 2 aromatic rings. The van der Waals surface area contributed by atoms with Crippen molar-refractivity contribution in [1.29, 1.82) is 0 Å². The molecule has 2 aromatic heterocycles. The van der Waals surface area contributed by atoms with E-state index >= 15 is 0 Å². The van der Waals surface area contributed by atoms with E-state index in [0.717, 1.165) is 21.1 Å². The van der Waals surface area contributed by atoms with Gasteiger partial charge in [-0.05, 0) is 64.9 Å². The van der Waals surface area contributed by atoms with E-state index < -0.39 is 0 Å². The summed E-state index contributed by atoms with van der Waals surface area (Å²) in [6, 6.07) is 8.37. The van der Waals surface area contributed by atoms with Crippen LogP contribution >= 0.6 is 27.7 Å². The molecule has 0 aromatic carbocycles. The second-order valence-electron chi connectivity index (χ2n) is 4.10. The molecule has 0 fully saturated rings. The largest absolute Gasteiger partial charge is 0.310 e. The van der Waals surface area contributed by atoms with Gasteiger partial charge in [0.1, 0.15) is 10.1 Å². The van der Waals surface area contributed by atoms with Crippen molar-refractivity contribution in [3.63, 3.8) is 0 Å². The third-order valence-electron chi connectivity index (χ3n) is 2.70. The number of aromatic nitrogens is 2. The van der Waals surface area contributed by atoms with E-state index in [0.29, 0.717) is 6.04 Å². The molecule has 1 atom stereocenters. The van der Waals surface area contributed by atoms with Crippen molar-refractivity contribution in [2.45, 2.75) is 29.9 Å². The second-order valence-corrected chi connectivity index (χ2v) is 5.97. The van der Waals surface area contributed by atoms with Crippen LogP contribution in [-0.4, -0.2) is 16.5 Å². The highest BCUT2D eigenvalue weighted by atomic mass is 79.9. The zero-order valence-electron chi connectivity index (χ0n) is 10.9. The molecule has 2 heterocycles. The summed E-state index contributed by atoms with van der Waals surface area (Å²) in [5, 5.41) is 5.26. The maximum absolute atomic E-state index is 4.48. The number of halogens is 1. The van der Waals surface area contributed by atoms with Crippen LogP contribution in [0, 0.1) is 0 Å². The molecular formula is C14H16BrN3S. The van der Waals surface area contributed by atoms with E-state index in [9.17, 15) is 0 Å². The van der Waals surface area contributed by atoms with Crippen LogP contribution in [-0.2, 0) is 0 Å². The Kier molecular flexibility index (Phi) is 5.36. The summed E-state index contributed by atoms with van der Waals surface area (Å²) in [5.41, 5.74) is 1.20. The van der Waals surface area contributed by atoms with E-state index in [4.69, 9.17) is 0 Å². The molecule has 0 spiro atoms. The molecule has 1 unspecified atom stereocenters. The first-order valence-electron chi connectivity index (χ1n) is 6.18. The predicted molar refractivity (Wildman–Crippen MR) is 82.4 cm³/mol. The van der Waals surface area contributed by atoms with E-state index in [1.165, 1.54) is 5.56 Å². The number of rotatable bonds is 5. The zero-order valence-corrected chi connectivity index (χ0v) is 13.3. The monoisotopic (exact) mass is 337 g/mol. The van der Waals surface area contributed by atoms with Crippen molar-refractivity contribution in [1.82, 2.24) is 15.3 Å². The molecule has 19 heavy (non-hydrogen) atoms. The molecule has 1 N–H and O–H groups in total. The lowest BCUT2D eigenvalue weighted by molar-refractivity contribution is 0.595. The Morgan fingerprint density at radius 2 is 2.16 bits per heavy atom. The first kappa shape index (κ1) is 14.5. The Morgan fingerprint density at radius 1 is 1.32 bits per heavy atom. The smallest absolute Gasteiger partial charge is 0.116 e. The molecule has 5 heteroatoms. The Bertz CT molecular complexity index is 530. The predicted octanol–water partition coefficient (Wildman–Crippen LogP) is 4.06. The normalized spacial score (nSPS) is 12.4. The van der Waals surface area contributed by atoms with Crippen molar-refractivity contribution in [2.24, 2.45) is 0 Å². The van der Waals surface area contributed by atoms with Gasteiger partial charge in [-0.3, -0.25) is 0 Å². The molecule has 0 aliphatic rings. The number of hydrogen-bond acceptors (Lipinski definition) is 4. The van der Waals surface area contributed by atoms with Crippen LogP contribution in [0.3, 0.4) is 0 Å². The summed E-state index contributed by atoms with van der Waals surface area (Å²) < 4.78 is 0.992. The molecule has 0 saturated carbocycles. The highest BCUT2D eigenvalue weighted by Crippen LogP contribution is 2.30. The zero-order chi connectivity index (χ0) is 13.7. The van der Waals surface area contributed by atoms with Gasteiger partial charge in [0.2, 0.25) is 0 Å². The quantitative estimate of drug-likeness (QED) is 0.892. The lowest BCUT2D eigenvalue weighted by atomic mass is 10.1. The van der Waals surface area contributed by atoms with Gasteiger partial charge in [-0.15, -0.1) is 0 Å². The summed E-state index contributed by atoms with van der Waals surface area (Å²) in [5.74, 6) is 0. The van der Waals surface area contributed by atoms with Crippen LogP contribution in [0.2, 0.25) is 0 Å². The summed E-state index contributed by atoms with van der Waals surface area (Å²) in [6.07, 6.45) is 3.71. The topological polar surface area (TPSA) is 37.8 Å². The summed E-state index contributed by atoms with van der Waals surface area (Å²) in [4.78, 5) is 8.80. The first-order chi connectivity index (χ1) is 9.20. The maximum Gasteiger partial charge on any atom is 0.116 e. The number of hydrogen-bond donors (Lipinski definition) is 1. The van der Waals surface area contributed by atoms with Crippen LogP contribution in [0.15, 0.2) is 51.2 Å². The van der Waals surface area contributed by atoms with Crippen molar-refractivity contribution < 1.29 is 0 Å². The number of nitrogens with zero attached hydrogens (tertiary/aromatic N) is 2. The average Bonchev–Trinajstić information content (AvgIpc) is 2.42. The molecule has 0 aliphatic carbocycles. The van der Waals surface area contributed by atoms with Gasteiger partial charge in [0.05, 0.1) is 4.47 Å². The van der Waals surface area contributed by atoms with Gasteiger partial charge in [0.25, 0.3) is 0 Å². The highest BCUT2D eigenvalue weighted by molar-refractivity contribution is 9.10. The maximum atomic E-state index is 4.48. The molecular weight excluding hydrogens is 322 g/mol. The van der Waals surface area contributed by atoms with Gasteiger partial charge in [0.15, 0.2) is 0 Å². The average molecular weight is 338 g/mol. The highest BCUT2D eigenvalue weighted by Gasteiger charge is 2.07. The van der Waals surface area contributed by atoms with Crippen LogP contribution in [0.4, 0.5) is 0 Å². The second kappa shape index (κ2) is 7.03.